The first-order chi connectivity index (χ1) is 13.1. The van der Waals surface area contributed by atoms with Crippen molar-refractivity contribution in [3.05, 3.63) is 53.1 Å². The van der Waals surface area contributed by atoms with Crippen molar-refractivity contribution in [3.8, 4) is 23.0 Å². The number of carbonyl (C=O) groups is 1. The van der Waals surface area contributed by atoms with Crippen molar-refractivity contribution in [2.45, 2.75) is 13.5 Å². The van der Waals surface area contributed by atoms with E-state index in [4.69, 9.17) is 18.9 Å². The van der Waals surface area contributed by atoms with E-state index < -0.39 is 0 Å². The monoisotopic (exact) mass is 369 g/mol. The second-order valence-corrected chi connectivity index (χ2v) is 6.15. The van der Waals surface area contributed by atoms with E-state index in [2.05, 4.69) is 0 Å². The van der Waals surface area contributed by atoms with Crippen LogP contribution >= 0.6 is 0 Å². The van der Waals surface area contributed by atoms with Gasteiger partial charge in [0.15, 0.2) is 23.0 Å². The molecule has 1 heterocycles. The van der Waals surface area contributed by atoms with Crippen molar-refractivity contribution in [3.63, 3.8) is 0 Å². The summed E-state index contributed by atoms with van der Waals surface area (Å²) in [5.74, 6) is 2.44. The second-order valence-electron chi connectivity index (χ2n) is 6.15. The number of ether oxygens (including phenoxy) is 4. The molecule has 0 spiro atoms. The molecule has 6 heteroatoms. The SMILES string of the molecule is C/C=C/c1cc(C(=O)N(C)Cc2ccc3c(c2)OCO3)cc(OC)c1OC. The highest BCUT2D eigenvalue weighted by Crippen LogP contribution is 2.35. The van der Waals surface area contributed by atoms with E-state index in [-0.39, 0.29) is 12.7 Å². The number of hydrogen-bond donors (Lipinski definition) is 0. The van der Waals surface area contributed by atoms with Crippen LogP contribution in [0.4, 0.5) is 0 Å². The maximum absolute atomic E-state index is 13.0. The normalized spacial score (nSPS) is 12.3. The molecule has 0 radical (unpaired) electrons. The van der Waals surface area contributed by atoms with E-state index in [1.165, 1.54) is 0 Å². The lowest BCUT2D eigenvalue weighted by atomic mass is 10.1. The van der Waals surface area contributed by atoms with Crippen LogP contribution in [-0.2, 0) is 6.54 Å². The Hall–Kier alpha value is -3.15. The van der Waals surface area contributed by atoms with Crippen LogP contribution in [-0.4, -0.2) is 38.9 Å². The van der Waals surface area contributed by atoms with Crippen LogP contribution in [0.1, 0.15) is 28.4 Å². The average molecular weight is 369 g/mol. The first kappa shape index (κ1) is 18.6. The van der Waals surface area contributed by atoms with Crippen LogP contribution in [0.2, 0.25) is 0 Å². The molecule has 0 unspecified atom stereocenters. The van der Waals surface area contributed by atoms with Crippen molar-refractivity contribution < 1.29 is 23.7 Å². The number of hydrogen-bond acceptors (Lipinski definition) is 5. The summed E-state index contributed by atoms with van der Waals surface area (Å²) in [6, 6.07) is 9.18. The van der Waals surface area contributed by atoms with Gasteiger partial charge in [-0.05, 0) is 36.8 Å². The minimum atomic E-state index is -0.112. The van der Waals surface area contributed by atoms with E-state index in [0.717, 1.165) is 16.9 Å². The summed E-state index contributed by atoms with van der Waals surface area (Å²) in [6.07, 6.45) is 3.78. The van der Waals surface area contributed by atoms with Gasteiger partial charge in [0.25, 0.3) is 5.91 Å². The van der Waals surface area contributed by atoms with Crippen molar-refractivity contribution in [1.29, 1.82) is 0 Å². The summed E-state index contributed by atoms with van der Waals surface area (Å²) in [5.41, 5.74) is 2.28. The van der Waals surface area contributed by atoms with Crippen molar-refractivity contribution in [2.24, 2.45) is 0 Å². The topological polar surface area (TPSA) is 57.2 Å². The third-order valence-electron chi connectivity index (χ3n) is 4.30. The smallest absolute Gasteiger partial charge is 0.254 e. The molecule has 6 nitrogen and oxygen atoms in total. The number of rotatable bonds is 6. The molecule has 0 fully saturated rings. The van der Waals surface area contributed by atoms with Crippen LogP contribution in [0.3, 0.4) is 0 Å². The van der Waals surface area contributed by atoms with E-state index in [0.29, 0.717) is 29.4 Å². The molecule has 0 aromatic heterocycles. The number of methoxy groups -OCH3 is 2. The van der Waals surface area contributed by atoms with Gasteiger partial charge in [-0.15, -0.1) is 0 Å². The van der Waals surface area contributed by atoms with Gasteiger partial charge < -0.3 is 23.8 Å². The highest BCUT2D eigenvalue weighted by atomic mass is 16.7. The molecular weight excluding hydrogens is 346 g/mol. The van der Waals surface area contributed by atoms with Gasteiger partial charge in [-0.3, -0.25) is 4.79 Å². The number of nitrogens with zero attached hydrogens (tertiary/aromatic N) is 1. The van der Waals surface area contributed by atoms with Crippen LogP contribution in [0, 0.1) is 0 Å². The number of amides is 1. The fourth-order valence-corrected chi connectivity index (χ4v) is 3.03. The number of benzene rings is 2. The maximum Gasteiger partial charge on any atom is 0.254 e. The molecule has 0 saturated heterocycles. The Morgan fingerprint density at radius 2 is 1.93 bits per heavy atom. The highest BCUT2D eigenvalue weighted by Gasteiger charge is 2.19. The quantitative estimate of drug-likeness (QED) is 0.776. The highest BCUT2D eigenvalue weighted by molar-refractivity contribution is 5.95. The van der Waals surface area contributed by atoms with Crippen molar-refractivity contribution in [2.75, 3.05) is 28.1 Å². The predicted molar refractivity (Wildman–Crippen MR) is 103 cm³/mol. The van der Waals surface area contributed by atoms with E-state index in [1.807, 2.05) is 37.3 Å². The number of allylic oxidation sites excluding steroid dienone is 1. The first-order valence-electron chi connectivity index (χ1n) is 8.60. The molecule has 0 bridgehead atoms. The standard InChI is InChI=1S/C21H23NO5/c1-5-6-15-10-16(11-19(24-3)20(15)25-4)21(23)22(2)12-14-7-8-17-18(9-14)27-13-26-17/h5-11H,12-13H2,1-4H3/b6-5+. The number of carbonyl (C=O) groups excluding carboxylic acids is 1. The molecule has 2 aromatic carbocycles. The lowest BCUT2D eigenvalue weighted by Crippen LogP contribution is -2.26. The largest absolute Gasteiger partial charge is 0.493 e. The summed E-state index contributed by atoms with van der Waals surface area (Å²) in [4.78, 5) is 14.6. The zero-order valence-electron chi connectivity index (χ0n) is 15.9. The fourth-order valence-electron chi connectivity index (χ4n) is 3.03. The zero-order valence-corrected chi connectivity index (χ0v) is 15.9. The number of fused-ring (bicyclic) bond motifs is 1. The molecule has 2 aromatic rings. The molecule has 0 N–H and O–H groups in total. The molecule has 0 aliphatic carbocycles. The van der Waals surface area contributed by atoms with E-state index in [1.54, 1.807) is 38.3 Å². The fraction of sp³-hybridized carbons (Fsp3) is 0.286. The Morgan fingerprint density at radius 3 is 2.63 bits per heavy atom. The Labute approximate surface area is 158 Å². The van der Waals surface area contributed by atoms with Gasteiger partial charge in [-0.25, -0.2) is 0 Å². The molecular formula is C21H23NO5. The predicted octanol–water partition coefficient (Wildman–Crippen LogP) is 3.74. The first-order valence-corrected chi connectivity index (χ1v) is 8.60. The summed E-state index contributed by atoms with van der Waals surface area (Å²) >= 11 is 0. The molecule has 142 valence electrons. The summed E-state index contributed by atoms with van der Waals surface area (Å²) in [7, 11) is 4.90. The minimum Gasteiger partial charge on any atom is -0.493 e. The Bertz CT molecular complexity index is 875. The summed E-state index contributed by atoms with van der Waals surface area (Å²) in [5, 5.41) is 0. The molecule has 3 rings (SSSR count). The van der Waals surface area contributed by atoms with Crippen molar-refractivity contribution in [1.82, 2.24) is 4.90 Å². The Balaban J connectivity index is 1.85. The van der Waals surface area contributed by atoms with Crippen LogP contribution in [0.25, 0.3) is 6.08 Å². The van der Waals surface area contributed by atoms with Gasteiger partial charge in [-0.2, -0.15) is 0 Å². The lowest BCUT2D eigenvalue weighted by molar-refractivity contribution is 0.0784. The summed E-state index contributed by atoms with van der Waals surface area (Å²) in [6.45, 7) is 2.59. The second kappa shape index (κ2) is 8.03. The Kier molecular flexibility index (Phi) is 5.54. The van der Waals surface area contributed by atoms with Gasteiger partial charge >= 0.3 is 0 Å². The molecule has 1 aliphatic rings. The zero-order chi connectivity index (χ0) is 19.4. The van der Waals surface area contributed by atoms with Gasteiger partial charge in [0.2, 0.25) is 6.79 Å². The molecule has 1 aliphatic heterocycles. The van der Waals surface area contributed by atoms with Crippen molar-refractivity contribution >= 4 is 12.0 Å². The summed E-state index contributed by atoms with van der Waals surface area (Å²) < 4.78 is 21.6. The van der Waals surface area contributed by atoms with E-state index >= 15 is 0 Å². The third-order valence-corrected chi connectivity index (χ3v) is 4.30. The van der Waals surface area contributed by atoms with Gasteiger partial charge in [0.05, 0.1) is 14.2 Å². The van der Waals surface area contributed by atoms with E-state index in [9.17, 15) is 4.79 Å². The van der Waals surface area contributed by atoms with Crippen LogP contribution in [0.5, 0.6) is 23.0 Å². The maximum atomic E-state index is 13.0. The lowest BCUT2D eigenvalue weighted by Gasteiger charge is -2.19. The van der Waals surface area contributed by atoms with Crippen LogP contribution in [0.15, 0.2) is 36.4 Å². The minimum absolute atomic E-state index is 0.112. The van der Waals surface area contributed by atoms with Gasteiger partial charge in [0, 0.05) is 24.7 Å². The molecule has 27 heavy (non-hydrogen) atoms. The molecule has 0 atom stereocenters. The average Bonchev–Trinajstić information content (AvgIpc) is 3.14. The molecule has 1 amide bonds. The molecule has 0 saturated carbocycles. The van der Waals surface area contributed by atoms with Crippen LogP contribution < -0.4 is 18.9 Å². The van der Waals surface area contributed by atoms with Gasteiger partial charge in [0.1, 0.15) is 0 Å². The Morgan fingerprint density at radius 1 is 1.15 bits per heavy atom. The van der Waals surface area contributed by atoms with Gasteiger partial charge in [-0.1, -0.05) is 18.2 Å². The third kappa shape index (κ3) is 3.84.